The molecule has 3 aromatic rings. The molecule has 1 aromatic heterocycles. The molecule has 1 unspecified atom stereocenters. The van der Waals surface area contributed by atoms with Crippen molar-refractivity contribution in [1.29, 1.82) is 0 Å². The Balaban J connectivity index is 1.79. The number of hydrogen-bond acceptors (Lipinski definition) is 5. The first-order chi connectivity index (χ1) is 15.9. The molecule has 8 heteroatoms. The lowest BCUT2D eigenvalue weighted by Crippen LogP contribution is -2.42. The van der Waals surface area contributed by atoms with E-state index in [1.165, 1.54) is 9.47 Å². The number of benzene rings is 2. The average Bonchev–Trinajstić information content (AvgIpc) is 2.79. The summed E-state index contributed by atoms with van der Waals surface area (Å²) in [7, 11) is 1.61. The fourth-order valence-electron chi connectivity index (χ4n) is 3.81. The van der Waals surface area contributed by atoms with Crippen LogP contribution in [0.15, 0.2) is 70.3 Å². The number of rotatable bonds is 10. The number of aromatic amines is 1. The van der Waals surface area contributed by atoms with E-state index in [0.29, 0.717) is 13.0 Å². The standard InChI is InChI=1S/C25H31N5O3/c1-3-4-15-30-23(26)22(24(32)28-25(30)33)29(2)17-21(31)27-20(19-13-9-6-10-14-19)16-18-11-7-5-8-12-18/h5-14,20H,3-4,15-17,26H2,1-2H3,(H,27,31)(H,28,32,33). The van der Waals surface area contributed by atoms with Gasteiger partial charge < -0.3 is 16.0 Å². The molecule has 0 fully saturated rings. The van der Waals surface area contributed by atoms with Gasteiger partial charge in [-0.2, -0.15) is 0 Å². The Kier molecular flexibility index (Phi) is 8.07. The van der Waals surface area contributed by atoms with Gasteiger partial charge in [0.05, 0.1) is 12.6 Å². The van der Waals surface area contributed by atoms with E-state index in [1.807, 2.05) is 67.6 Å². The average molecular weight is 450 g/mol. The highest BCUT2D eigenvalue weighted by Gasteiger charge is 2.20. The van der Waals surface area contributed by atoms with Crippen LogP contribution in [0.5, 0.6) is 0 Å². The Morgan fingerprint density at radius 3 is 2.36 bits per heavy atom. The molecule has 0 saturated carbocycles. The van der Waals surface area contributed by atoms with Crippen molar-refractivity contribution < 1.29 is 4.79 Å². The van der Waals surface area contributed by atoms with Crippen LogP contribution in [0.3, 0.4) is 0 Å². The molecule has 0 aliphatic carbocycles. The molecular weight excluding hydrogens is 418 g/mol. The Labute approximate surface area is 193 Å². The zero-order valence-electron chi connectivity index (χ0n) is 19.1. The summed E-state index contributed by atoms with van der Waals surface area (Å²) in [4.78, 5) is 41.4. The van der Waals surface area contributed by atoms with Crippen LogP contribution in [0.25, 0.3) is 0 Å². The maximum atomic E-state index is 13.0. The van der Waals surface area contributed by atoms with Gasteiger partial charge in [0.2, 0.25) is 5.91 Å². The molecule has 0 saturated heterocycles. The van der Waals surface area contributed by atoms with E-state index in [2.05, 4.69) is 10.3 Å². The Bertz CT molecular complexity index is 1170. The fourth-order valence-corrected chi connectivity index (χ4v) is 3.81. The summed E-state index contributed by atoms with van der Waals surface area (Å²) in [5.74, 6) is -0.191. The monoisotopic (exact) mass is 449 g/mol. The highest BCUT2D eigenvalue weighted by molar-refractivity contribution is 5.82. The number of anilines is 2. The zero-order valence-corrected chi connectivity index (χ0v) is 19.1. The Morgan fingerprint density at radius 2 is 1.73 bits per heavy atom. The van der Waals surface area contributed by atoms with E-state index >= 15 is 0 Å². The predicted octanol–water partition coefficient (Wildman–Crippen LogP) is 2.46. The minimum Gasteiger partial charge on any atom is -0.383 e. The minimum absolute atomic E-state index is 0.0661. The summed E-state index contributed by atoms with van der Waals surface area (Å²) in [5.41, 5.74) is 7.22. The summed E-state index contributed by atoms with van der Waals surface area (Å²) in [5, 5.41) is 3.08. The van der Waals surface area contributed by atoms with Gasteiger partial charge in [-0.05, 0) is 24.0 Å². The van der Waals surface area contributed by atoms with Crippen LogP contribution >= 0.6 is 0 Å². The van der Waals surface area contributed by atoms with Crippen LogP contribution in [-0.2, 0) is 17.8 Å². The van der Waals surface area contributed by atoms with Gasteiger partial charge in [0.1, 0.15) is 11.5 Å². The number of nitrogens with one attached hydrogen (secondary N) is 2. The van der Waals surface area contributed by atoms with E-state index in [4.69, 9.17) is 5.73 Å². The molecule has 4 N–H and O–H groups in total. The van der Waals surface area contributed by atoms with Crippen molar-refractivity contribution in [3.63, 3.8) is 0 Å². The number of likely N-dealkylation sites (N-methyl/N-ethyl adjacent to an activating group) is 1. The Morgan fingerprint density at radius 1 is 1.09 bits per heavy atom. The highest BCUT2D eigenvalue weighted by atomic mass is 16.2. The number of H-pyrrole nitrogens is 1. The molecule has 0 radical (unpaired) electrons. The van der Waals surface area contributed by atoms with Gasteiger partial charge in [0, 0.05) is 13.6 Å². The number of hydrogen-bond donors (Lipinski definition) is 3. The first kappa shape index (κ1) is 23.8. The van der Waals surface area contributed by atoms with Crippen molar-refractivity contribution >= 4 is 17.4 Å². The Hall–Kier alpha value is -3.81. The van der Waals surface area contributed by atoms with Crippen LogP contribution in [0, 0.1) is 0 Å². The van der Waals surface area contributed by atoms with Crippen molar-refractivity contribution in [2.75, 3.05) is 24.2 Å². The maximum Gasteiger partial charge on any atom is 0.330 e. The summed E-state index contributed by atoms with van der Waals surface area (Å²) >= 11 is 0. The molecular formula is C25H31N5O3. The fraction of sp³-hybridized carbons (Fsp3) is 0.320. The van der Waals surface area contributed by atoms with Crippen LogP contribution < -0.4 is 27.2 Å². The molecule has 1 heterocycles. The normalized spacial score (nSPS) is 11.7. The molecule has 0 bridgehead atoms. The summed E-state index contributed by atoms with van der Waals surface area (Å²) in [6.07, 6.45) is 2.25. The van der Waals surface area contributed by atoms with Gasteiger partial charge in [-0.25, -0.2) is 4.79 Å². The van der Waals surface area contributed by atoms with Crippen molar-refractivity contribution in [1.82, 2.24) is 14.9 Å². The topological polar surface area (TPSA) is 113 Å². The lowest BCUT2D eigenvalue weighted by atomic mass is 9.99. The number of nitrogens with zero attached hydrogens (tertiary/aromatic N) is 2. The molecule has 0 aliphatic heterocycles. The molecule has 33 heavy (non-hydrogen) atoms. The third-order valence-corrected chi connectivity index (χ3v) is 5.53. The van der Waals surface area contributed by atoms with Gasteiger partial charge in [0.25, 0.3) is 5.56 Å². The van der Waals surface area contributed by atoms with Crippen LogP contribution in [-0.4, -0.2) is 29.1 Å². The third-order valence-electron chi connectivity index (χ3n) is 5.53. The largest absolute Gasteiger partial charge is 0.383 e. The second-order valence-electron chi connectivity index (χ2n) is 8.07. The number of aromatic nitrogens is 2. The maximum absolute atomic E-state index is 13.0. The van der Waals surface area contributed by atoms with E-state index in [9.17, 15) is 14.4 Å². The van der Waals surface area contributed by atoms with Crippen molar-refractivity contribution in [2.45, 2.75) is 38.8 Å². The summed E-state index contributed by atoms with van der Waals surface area (Å²) in [6, 6.07) is 19.5. The van der Waals surface area contributed by atoms with E-state index < -0.39 is 11.2 Å². The zero-order chi connectivity index (χ0) is 23.8. The quantitative estimate of drug-likeness (QED) is 0.440. The molecule has 1 amide bonds. The second kappa shape index (κ2) is 11.2. The summed E-state index contributed by atoms with van der Waals surface area (Å²) in [6.45, 7) is 2.32. The van der Waals surface area contributed by atoms with Gasteiger partial charge in [0.15, 0.2) is 0 Å². The first-order valence-corrected chi connectivity index (χ1v) is 11.1. The molecule has 0 spiro atoms. The lowest BCUT2D eigenvalue weighted by Gasteiger charge is -2.24. The number of carbonyl (C=O) groups excluding carboxylic acids is 1. The number of amides is 1. The number of nitrogen functional groups attached to an aromatic ring is 1. The van der Waals surface area contributed by atoms with E-state index in [-0.39, 0.29) is 30.0 Å². The molecule has 2 aromatic carbocycles. The molecule has 0 aliphatic rings. The van der Waals surface area contributed by atoms with E-state index in [1.54, 1.807) is 7.05 Å². The van der Waals surface area contributed by atoms with Crippen LogP contribution in [0.4, 0.5) is 11.5 Å². The first-order valence-electron chi connectivity index (χ1n) is 11.1. The van der Waals surface area contributed by atoms with Gasteiger partial charge in [-0.3, -0.25) is 19.1 Å². The molecule has 8 nitrogen and oxygen atoms in total. The smallest absolute Gasteiger partial charge is 0.330 e. The minimum atomic E-state index is -0.607. The number of nitrogens with two attached hydrogens (primary N) is 1. The van der Waals surface area contributed by atoms with Gasteiger partial charge >= 0.3 is 5.69 Å². The number of carbonyl (C=O) groups is 1. The van der Waals surface area contributed by atoms with Gasteiger partial charge in [-0.15, -0.1) is 0 Å². The van der Waals surface area contributed by atoms with Crippen molar-refractivity contribution in [2.24, 2.45) is 0 Å². The molecule has 174 valence electrons. The van der Waals surface area contributed by atoms with Crippen LogP contribution in [0.1, 0.15) is 36.9 Å². The number of unbranched alkanes of at least 4 members (excludes halogenated alkanes) is 1. The van der Waals surface area contributed by atoms with Crippen LogP contribution in [0.2, 0.25) is 0 Å². The highest BCUT2D eigenvalue weighted by Crippen LogP contribution is 2.19. The molecule has 1 atom stereocenters. The predicted molar refractivity (Wildman–Crippen MR) is 131 cm³/mol. The van der Waals surface area contributed by atoms with Crippen molar-refractivity contribution in [3.05, 3.63) is 92.6 Å². The second-order valence-corrected chi connectivity index (χ2v) is 8.07. The lowest BCUT2D eigenvalue weighted by molar-refractivity contribution is -0.120. The SMILES string of the molecule is CCCCn1c(N)c(N(C)CC(=O)NC(Cc2ccccc2)c2ccccc2)c(=O)[nH]c1=O. The summed E-state index contributed by atoms with van der Waals surface area (Å²) < 4.78 is 1.34. The van der Waals surface area contributed by atoms with Crippen molar-refractivity contribution in [3.8, 4) is 0 Å². The van der Waals surface area contributed by atoms with Gasteiger partial charge in [-0.1, -0.05) is 74.0 Å². The van der Waals surface area contributed by atoms with E-state index in [0.717, 1.165) is 24.0 Å². The third kappa shape index (κ3) is 6.12. The molecule has 3 rings (SSSR count).